The molecule has 0 heterocycles. The second kappa shape index (κ2) is 11.9. The highest BCUT2D eigenvalue weighted by Crippen LogP contribution is 2.28. The third-order valence-electron chi connectivity index (χ3n) is 4.36. The van der Waals surface area contributed by atoms with E-state index in [-0.39, 0.29) is 11.7 Å². The van der Waals surface area contributed by atoms with Crippen molar-refractivity contribution in [2.45, 2.75) is 39.8 Å². The van der Waals surface area contributed by atoms with Crippen molar-refractivity contribution < 1.29 is 23.8 Å². The summed E-state index contributed by atoms with van der Waals surface area (Å²) in [4.78, 5) is 23.5. The van der Waals surface area contributed by atoms with Crippen molar-refractivity contribution in [2.75, 3.05) is 20.3 Å². The average Bonchev–Trinajstić information content (AvgIpc) is 2.74. The van der Waals surface area contributed by atoms with Gasteiger partial charge in [0.15, 0.2) is 17.3 Å². The van der Waals surface area contributed by atoms with Crippen molar-refractivity contribution in [3.63, 3.8) is 0 Å². The van der Waals surface area contributed by atoms with Crippen molar-refractivity contribution in [1.29, 1.82) is 0 Å². The summed E-state index contributed by atoms with van der Waals surface area (Å²) in [5, 5.41) is 2.91. The number of methoxy groups -OCH3 is 1. The van der Waals surface area contributed by atoms with Crippen molar-refractivity contribution in [3.8, 4) is 11.5 Å². The molecule has 0 fully saturated rings. The SMILES string of the molecule is CCOCc1ccc(CNC(=O)CCCOc2ccc(C(C)=O)cc2OC)cc1. The predicted octanol–water partition coefficient (Wildman–Crippen LogP) is 3.91. The lowest BCUT2D eigenvalue weighted by Gasteiger charge is -2.11. The molecule has 0 bridgehead atoms. The molecule has 1 N–H and O–H groups in total. The molecule has 0 spiro atoms. The van der Waals surface area contributed by atoms with Crippen LogP contribution in [-0.2, 0) is 22.7 Å². The maximum atomic E-state index is 12.0. The van der Waals surface area contributed by atoms with Gasteiger partial charge in [0.25, 0.3) is 0 Å². The second-order valence-electron chi connectivity index (χ2n) is 6.60. The van der Waals surface area contributed by atoms with Gasteiger partial charge in [-0.25, -0.2) is 0 Å². The first-order valence-corrected chi connectivity index (χ1v) is 9.77. The lowest BCUT2D eigenvalue weighted by Crippen LogP contribution is -2.23. The molecule has 0 aliphatic heterocycles. The van der Waals surface area contributed by atoms with Crippen molar-refractivity contribution in [1.82, 2.24) is 5.32 Å². The molecular weight excluding hydrogens is 370 g/mol. The minimum absolute atomic E-state index is 0.0223. The molecule has 0 saturated carbocycles. The van der Waals surface area contributed by atoms with Crippen LogP contribution in [0.25, 0.3) is 0 Å². The summed E-state index contributed by atoms with van der Waals surface area (Å²) in [6.07, 6.45) is 0.951. The Balaban J connectivity index is 1.70. The van der Waals surface area contributed by atoms with Gasteiger partial charge in [-0.3, -0.25) is 9.59 Å². The highest BCUT2D eigenvalue weighted by atomic mass is 16.5. The number of ether oxygens (including phenoxy) is 3. The Morgan fingerprint density at radius 1 is 1.00 bits per heavy atom. The van der Waals surface area contributed by atoms with Gasteiger partial charge in [-0.15, -0.1) is 0 Å². The molecule has 2 rings (SSSR count). The van der Waals surface area contributed by atoms with Crippen LogP contribution < -0.4 is 14.8 Å². The summed E-state index contributed by atoms with van der Waals surface area (Å²) >= 11 is 0. The fourth-order valence-corrected chi connectivity index (χ4v) is 2.68. The van der Waals surface area contributed by atoms with Crippen LogP contribution in [0.2, 0.25) is 0 Å². The van der Waals surface area contributed by atoms with E-state index in [0.717, 1.165) is 11.1 Å². The zero-order valence-corrected chi connectivity index (χ0v) is 17.3. The largest absolute Gasteiger partial charge is 0.493 e. The standard InChI is InChI=1S/C23H29NO5/c1-4-28-16-19-9-7-18(8-10-19)15-24-23(26)6-5-13-29-21-12-11-20(17(2)25)14-22(21)27-3/h7-12,14H,4-6,13,15-16H2,1-3H3,(H,24,26). The lowest BCUT2D eigenvalue weighted by molar-refractivity contribution is -0.121. The maximum absolute atomic E-state index is 12.0. The molecule has 0 unspecified atom stereocenters. The summed E-state index contributed by atoms with van der Waals surface area (Å²) in [5.41, 5.74) is 2.73. The number of ketones is 1. The molecule has 6 heteroatoms. The van der Waals surface area contributed by atoms with E-state index in [1.165, 1.54) is 14.0 Å². The molecule has 2 aromatic carbocycles. The number of benzene rings is 2. The van der Waals surface area contributed by atoms with Crippen LogP contribution in [-0.4, -0.2) is 32.0 Å². The zero-order chi connectivity index (χ0) is 21.1. The normalized spacial score (nSPS) is 10.4. The molecule has 0 aliphatic rings. The van der Waals surface area contributed by atoms with E-state index >= 15 is 0 Å². The molecule has 29 heavy (non-hydrogen) atoms. The van der Waals surface area contributed by atoms with E-state index in [4.69, 9.17) is 14.2 Å². The quantitative estimate of drug-likeness (QED) is 0.433. The molecule has 2 aromatic rings. The summed E-state index contributed by atoms with van der Waals surface area (Å²) in [5.74, 6) is 1.02. The smallest absolute Gasteiger partial charge is 0.220 e. The number of carbonyl (C=O) groups excluding carboxylic acids is 2. The van der Waals surface area contributed by atoms with E-state index in [9.17, 15) is 9.59 Å². The first kappa shape index (κ1) is 22.4. The number of hydrogen-bond acceptors (Lipinski definition) is 5. The molecule has 0 saturated heterocycles. The van der Waals surface area contributed by atoms with Gasteiger partial charge in [0, 0.05) is 25.1 Å². The Morgan fingerprint density at radius 2 is 1.72 bits per heavy atom. The molecule has 0 atom stereocenters. The molecule has 0 aromatic heterocycles. The highest BCUT2D eigenvalue weighted by molar-refractivity contribution is 5.94. The van der Waals surface area contributed by atoms with Gasteiger partial charge in [0.2, 0.25) is 5.91 Å². The van der Waals surface area contributed by atoms with E-state index in [0.29, 0.717) is 56.3 Å². The third kappa shape index (κ3) is 7.58. The Labute approximate surface area is 172 Å². The van der Waals surface area contributed by atoms with Crippen LogP contribution in [0.3, 0.4) is 0 Å². The minimum atomic E-state index is -0.0320. The lowest BCUT2D eigenvalue weighted by atomic mass is 10.1. The Hall–Kier alpha value is -2.86. The predicted molar refractivity (Wildman–Crippen MR) is 111 cm³/mol. The number of amides is 1. The highest BCUT2D eigenvalue weighted by Gasteiger charge is 2.09. The van der Waals surface area contributed by atoms with Crippen molar-refractivity contribution in [3.05, 3.63) is 59.2 Å². The van der Waals surface area contributed by atoms with Crippen LogP contribution in [0.4, 0.5) is 0 Å². The van der Waals surface area contributed by atoms with Crippen LogP contribution in [0.5, 0.6) is 11.5 Å². The number of Topliss-reactive ketones (excluding diaryl/α,β-unsaturated/α-hetero) is 1. The topological polar surface area (TPSA) is 73.9 Å². The fraction of sp³-hybridized carbons (Fsp3) is 0.391. The van der Waals surface area contributed by atoms with Crippen LogP contribution in [0.15, 0.2) is 42.5 Å². The average molecular weight is 399 g/mol. The van der Waals surface area contributed by atoms with Crippen LogP contribution in [0, 0.1) is 0 Å². The Kier molecular flexibility index (Phi) is 9.18. The Morgan fingerprint density at radius 3 is 2.38 bits per heavy atom. The monoisotopic (exact) mass is 399 g/mol. The molecular formula is C23H29NO5. The third-order valence-corrected chi connectivity index (χ3v) is 4.36. The Bertz CT molecular complexity index is 801. The van der Waals surface area contributed by atoms with E-state index in [1.807, 2.05) is 31.2 Å². The number of nitrogens with one attached hydrogen (secondary N) is 1. The fourth-order valence-electron chi connectivity index (χ4n) is 2.68. The number of hydrogen-bond donors (Lipinski definition) is 1. The van der Waals surface area contributed by atoms with Gasteiger partial charge < -0.3 is 19.5 Å². The first-order valence-electron chi connectivity index (χ1n) is 9.77. The van der Waals surface area contributed by atoms with Gasteiger partial charge in [-0.1, -0.05) is 24.3 Å². The first-order chi connectivity index (χ1) is 14.0. The van der Waals surface area contributed by atoms with E-state index < -0.39 is 0 Å². The summed E-state index contributed by atoms with van der Waals surface area (Å²) in [6, 6.07) is 13.1. The van der Waals surface area contributed by atoms with Gasteiger partial charge >= 0.3 is 0 Å². The minimum Gasteiger partial charge on any atom is -0.493 e. The second-order valence-corrected chi connectivity index (χ2v) is 6.60. The summed E-state index contributed by atoms with van der Waals surface area (Å²) in [7, 11) is 1.53. The van der Waals surface area contributed by atoms with E-state index in [1.54, 1.807) is 18.2 Å². The zero-order valence-electron chi connectivity index (χ0n) is 17.3. The summed E-state index contributed by atoms with van der Waals surface area (Å²) < 4.78 is 16.3. The number of carbonyl (C=O) groups is 2. The summed E-state index contributed by atoms with van der Waals surface area (Å²) in [6.45, 7) is 5.65. The molecule has 6 nitrogen and oxygen atoms in total. The van der Waals surface area contributed by atoms with Crippen LogP contribution in [0.1, 0.15) is 48.2 Å². The number of rotatable bonds is 12. The van der Waals surface area contributed by atoms with E-state index in [2.05, 4.69) is 5.32 Å². The molecule has 1 amide bonds. The molecule has 156 valence electrons. The van der Waals surface area contributed by atoms with Gasteiger partial charge in [0.05, 0.1) is 20.3 Å². The molecule has 0 aliphatic carbocycles. The van der Waals surface area contributed by atoms with Gasteiger partial charge in [-0.2, -0.15) is 0 Å². The van der Waals surface area contributed by atoms with Crippen molar-refractivity contribution >= 4 is 11.7 Å². The maximum Gasteiger partial charge on any atom is 0.220 e. The van der Waals surface area contributed by atoms with Crippen LogP contribution >= 0.6 is 0 Å². The van der Waals surface area contributed by atoms with Gasteiger partial charge in [-0.05, 0) is 49.6 Å². The van der Waals surface area contributed by atoms with Gasteiger partial charge in [0.1, 0.15) is 0 Å². The van der Waals surface area contributed by atoms with Crippen molar-refractivity contribution in [2.24, 2.45) is 0 Å². The molecule has 0 radical (unpaired) electrons.